The normalized spacial score (nSPS) is 19.5. The van der Waals surface area contributed by atoms with Gasteiger partial charge < -0.3 is 9.31 Å². The highest BCUT2D eigenvalue weighted by molar-refractivity contribution is 6.91. The highest BCUT2D eigenvalue weighted by Crippen LogP contribution is 2.48. The molecule has 3 aromatic carbocycles. The SMILES string of the molecule is CC1(C)OB(C(c2ccccc2)C(c2ccccc2)[Si](C)(C)c2ccccc2)OC1(C)C. The maximum Gasteiger partial charge on any atom is 0.466 e. The first kappa shape index (κ1) is 23.0. The van der Waals surface area contributed by atoms with Crippen LogP contribution in [0.5, 0.6) is 0 Å². The molecule has 4 rings (SSSR count). The molecular formula is C28H35BO2Si. The molecule has 1 heterocycles. The Morgan fingerprint density at radius 3 is 1.50 bits per heavy atom. The fourth-order valence-electron chi connectivity index (χ4n) is 5.00. The second kappa shape index (κ2) is 8.66. The molecule has 2 unspecified atom stereocenters. The second-order valence-corrected chi connectivity index (χ2v) is 15.2. The Labute approximate surface area is 195 Å². The van der Waals surface area contributed by atoms with Gasteiger partial charge in [-0.05, 0) is 44.4 Å². The van der Waals surface area contributed by atoms with E-state index in [4.69, 9.17) is 9.31 Å². The van der Waals surface area contributed by atoms with Gasteiger partial charge in [-0.2, -0.15) is 0 Å². The molecule has 0 spiro atoms. The number of benzene rings is 3. The third-order valence-corrected chi connectivity index (χ3v) is 11.6. The Bertz CT molecular complexity index is 1000. The van der Waals surface area contributed by atoms with Gasteiger partial charge in [0.15, 0.2) is 0 Å². The van der Waals surface area contributed by atoms with Crippen molar-refractivity contribution in [2.75, 3.05) is 0 Å². The van der Waals surface area contributed by atoms with E-state index in [0.29, 0.717) is 0 Å². The molecule has 1 aliphatic rings. The molecule has 0 amide bonds. The molecule has 0 radical (unpaired) electrons. The van der Waals surface area contributed by atoms with Crippen molar-refractivity contribution in [1.82, 2.24) is 0 Å². The first-order chi connectivity index (χ1) is 15.1. The lowest BCUT2D eigenvalue weighted by atomic mass is 9.64. The molecule has 0 aliphatic carbocycles. The predicted molar refractivity (Wildman–Crippen MR) is 138 cm³/mol. The quantitative estimate of drug-likeness (QED) is 0.415. The Morgan fingerprint density at radius 1 is 0.625 bits per heavy atom. The maximum atomic E-state index is 6.71. The van der Waals surface area contributed by atoms with Crippen LogP contribution in [0.2, 0.25) is 13.1 Å². The zero-order valence-corrected chi connectivity index (χ0v) is 21.2. The van der Waals surface area contributed by atoms with Gasteiger partial charge in [-0.25, -0.2) is 0 Å². The zero-order valence-electron chi connectivity index (χ0n) is 20.2. The van der Waals surface area contributed by atoms with Gasteiger partial charge in [0.2, 0.25) is 0 Å². The van der Waals surface area contributed by atoms with Gasteiger partial charge >= 0.3 is 7.12 Å². The van der Waals surface area contributed by atoms with Gasteiger partial charge in [-0.3, -0.25) is 0 Å². The molecule has 1 fully saturated rings. The van der Waals surface area contributed by atoms with Crippen molar-refractivity contribution < 1.29 is 9.31 Å². The Morgan fingerprint density at radius 2 is 1.03 bits per heavy atom. The highest BCUT2D eigenvalue weighted by Gasteiger charge is 2.57. The standard InChI is InChI=1S/C28H35BO2Si/c1-27(2)28(3,4)31-29(30-27)25(22-16-10-7-11-17-22)26(23-18-12-8-13-19-23)32(5,6)24-20-14-9-15-21-24/h7-21,25-26H,1-6H3. The van der Waals surface area contributed by atoms with Crippen LogP contribution in [0.4, 0.5) is 0 Å². The van der Waals surface area contributed by atoms with E-state index in [9.17, 15) is 0 Å². The fourth-order valence-corrected chi connectivity index (χ4v) is 8.68. The van der Waals surface area contributed by atoms with E-state index >= 15 is 0 Å². The first-order valence-electron chi connectivity index (χ1n) is 11.6. The van der Waals surface area contributed by atoms with Gasteiger partial charge in [0.1, 0.15) is 0 Å². The predicted octanol–water partition coefficient (Wildman–Crippen LogP) is 6.34. The van der Waals surface area contributed by atoms with Gasteiger partial charge in [-0.15, -0.1) is 0 Å². The lowest BCUT2D eigenvalue weighted by Crippen LogP contribution is -2.52. The Hall–Kier alpha value is -2.14. The third-order valence-electron chi connectivity index (χ3n) is 7.56. The average molecular weight is 442 g/mol. The van der Waals surface area contributed by atoms with Gasteiger partial charge in [-0.1, -0.05) is 109 Å². The molecule has 2 nitrogen and oxygen atoms in total. The van der Waals surface area contributed by atoms with Crippen LogP contribution in [0.1, 0.15) is 50.2 Å². The van der Waals surface area contributed by atoms with E-state index in [0.717, 1.165) is 0 Å². The zero-order chi connectivity index (χ0) is 23.0. The van der Waals surface area contributed by atoms with E-state index in [1.807, 2.05) is 0 Å². The summed E-state index contributed by atoms with van der Waals surface area (Å²) >= 11 is 0. The number of hydrogen-bond donors (Lipinski definition) is 0. The summed E-state index contributed by atoms with van der Waals surface area (Å²) in [6.45, 7) is 13.6. The van der Waals surface area contributed by atoms with Gasteiger partial charge in [0.05, 0.1) is 19.3 Å². The van der Waals surface area contributed by atoms with Crippen molar-refractivity contribution in [3.63, 3.8) is 0 Å². The summed E-state index contributed by atoms with van der Waals surface area (Å²) < 4.78 is 13.4. The summed E-state index contributed by atoms with van der Waals surface area (Å²) in [5.74, 6) is 0.0847. The minimum atomic E-state index is -2.02. The summed E-state index contributed by atoms with van der Waals surface area (Å²) in [7, 11) is -2.33. The van der Waals surface area contributed by atoms with Crippen LogP contribution in [0, 0.1) is 0 Å². The summed E-state index contributed by atoms with van der Waals surface area (Å²) in [6, 6.07) is 32.8. The molecule has 1 aliphatic heterocycles. The summed E-state index contributed by atoms with van der Waals surface area (Å²) in [4.78, 5) is 0. The number of rotatable bonds is 6. The van der Waals surface area contributed by atoms with Gasteiger partial charge in [0.25, 0.3) is 0 Å². The van der Waals surface area contributed by atoms with Crippen molar-refractivity contribution in [2.24, 2.45) is 0 Å². The molecule has 0 aromatic heterocycles. The Balaban J connectivity index is 1.90. The van der Waals surface area contributed by atoms with Crippen LogP contribution in [0.15, 0.2) is 91.0 Å². The lowest BCUT2D eigenvalue weighted by Gasteiger charge is -2.40. The summed E-state index contributed by atoms with van der Waals surface area (Å²) in [5, 5.41) is 1.45. The third kappa shape index (κ3) is 4.24. The highest BCUT2D eigenvalue weighted by atomic mass is 28.3. The van der Waals surface area contributed by atoms with E-state index in [2.05, 4.69) is 132 Å². The van der Waals surface area contributed by atoms with E-state index in [-0.39, 0.29) is 29.7 Å². The van der Waals surface area contributed by atoms with Crippen molar-refractivity contribution in [2.45, 2.75) is 63.3 Å². The van der Waals surface area contributed by atoms with Crippen LogP contribution in [-0.2, 0) is 9.31 Å². The number of hydrogen-bond acceptors (Lipinski definition) is 2. The molecule has 2 atom stereocenters. The van der Waals surface area contributed by atoms with Crippen LogP contribution < -0.4 is 5.19 Å². The molecule has 0 N–H and O–H groups in total. The van der Waals surface area contributed by atoms with E-state index in [1.54, 1.807) is 0 Å². The molecule has 0 bridgehead atoms. The van der Waals surface area contributed by atoms with Crippen molar-refractivity contribution in [3.05, 3.63) is 102 Å². The van der Waals surface area contributed by atoms with Crippen molar-refractivity contribution in [1.29, 1.82) is 0 Å². The molecule has 3 aromatic rings. The summed E-state index contributed by atoms with van der Waals surface area (Å²) in [5.41, 5.74) is 2.17. The molecular weight excluding hydrogens is 407 g/mol. The second-order valence-electron chi connectivity index (χ2n) is 10.5. The molecule has 166 valence electrons. The molecule has 1 saturated heterocycles. The average Bonchev–Trinajstić information content (AvgIpc) is 3.00. The topological polar surface area (TPSA) is 18.5 Å². The lowest BCUT2D eigenvalue weighted by molar-refractivity contribution is 0.00578. The van der Waals surface area contributed by atoms with Crippen LogP contribution in [0.3, 0.4) is 0 Å². The maximum absolute atomic E-state index is 6.71. The smallest absolute Gasteiger partial charge is 0.403 e. The van der Waals surface area contributed by atoms with Crippen LogP contribution in [-0.4, -0.2) is 26.4 Å². The molecule has 0 saturated carbocycles. The largest absolute Gasteiger partial charge is 0.466 e. The van der Waals surface area contributed by atoms with Crippen LogP contribution in [0.25, 0.3) is 0 Å². The van der Waals surface area contributed by atoms with Crippen molar-refractivity contribution >= 4 is 20.4 Å². The minimum Gasteiger partial charge on any atom is -0.403 e. The first-order valence-corrected chi connectivity index (χ1v) is 14.7. The fraction of sp³-hybridized carbons (Fsp3) is 0.357. The minimum absolute atomic E-state index is 0.0847. The van der Waals surface area contributed by atoms with Crippen molar-refractivity contribution in [3.8, 4) is 0 Å². The van der Waals surface area contributed by atoms with E-state index < -0.39 is 8.07 Å². The monoisotopic (exact) mass is 442 g/mol. The van der Waals surface area contributed by atoms with Crippen LogP contribution >= 0.6 is 0 Å². The Kier molecular flexibility index (Phi) is 6.23. The molecule has 32 heavy (non-hydrogen) atoms. The van der Waals surface area contributed by atoms with E-state index in [1.165, 1.54) is 16.3 Å². The van der Waals surface area contributed by atoms with Gasteiger partial charge in [0, 0.05) is 5.82 Å². The molecule has 4 heteroatoms. The summed E-state index contributed by atoms with van der Waals surface area (Å²) in [6.07, 6.45) is 0.